The number of sulfonamides is 1. The van der Waals surface area contributed by atoms with Gasteiger partial charge in [0, 0.05) is 37.7 Å². The van der Waals surface area contributed by atoms with Gasteiger partial charge in [0.2, 0.25) is 0 Å². The highest BCUT2D eigenvalue weighted by Crippen LogP contribution is 2.28. The topological polar surface area (TPSA) is 58.6 Å². The zero-order valence-corrected chi connectivity index (χ0v) is 14.5. The molecule has 0 aromatic carbocycles. The summed E-state index contributed by atoms with van der Waals surface area (Å²) in [5.74, 6) is 0. The lowest BCUT2D eigenvalue weighted by atomic mass is 10.3. The Morgan fingerprint density at radius 3 is 2.86 bits per heavy atom. The van der Waals surface area contributed by atoms with Gasteiger partial charge < -0.3 is 10.1 Å². The molecule has 0 bridgehead atoms. The fourth-order valence-corrected chi connectivity index (χ4v) is 5.35. The maximum absolute atomic E-state index is 12.6. The maximum Gasteiger partial charge on any atom is 0.252 e. The second kappa shape index (κ2) is 7.19. The number of hydrogen-bond acceptors (Lipinski definition) is 5. The van der Waals surface area contributed by atoms with E-state index in [1.54, 1.807) is 13.2 Å². The lowest BCUT2D eigenvalue weighted by Gasteiger charge is -2.14. The fourth-order valence-electron chi connectivity index (χ4n) is 2.35. The molecule has 0 radical (unpaired) electrons. The molecule has 0 saturated carbocycles. The van der Waals surface area contributed by atoms with Crippen molar-refractivity contribution in [3.05, 3.63) is 17.0 Å². The summed E-state index contributed by atoms with van der Waals surface area (Å²) in [4.78, 5) is 1.10. The van der Waals surface area contributed by atoms with Crippen LogP contribution >= 0.6 is 11.3 Å². The molecule has 5 nitrogen and oxygen atoms in total. The van der Waals surface area contributed by atoms with Crippen LogP contribution in [0, 0.1) is 0 Å². The molecule has 1 unspecified atom stereocenters. The molecule has 0 aliphatic carbocycles. The molecule has 1 atom stereocenters. The predicted molar refractivity (Wildman–Crippen MR) is 85.3 cm³/mol. The third kappa shape index (κ3) is 4.26. The summed E-state index contributed by atoms with van der Waals surface area (Å²) in [5, 5.41) is 3.34. The quantitative estimate of drug-likeness (QED) is 0.826. The molecule has 7 heteroatoms. The summed E-state index contributed by atoms with van der Waals surface area (Å²) >= 11 is 1.38. The van der Waals surface area contributed by atoms with Crippen LogP contribution in [0.5, 0.6) is 0 Å². The van der Waals surface area contributed by atoms with E-state index in [0.29, 0.717) is 23.3 Å². The number of hydrogen-bond donors (Lipinski definition) is 1. The van der Waals surface area contributed by atoms with Crippen molar-refractivity contribution in [1.29, 1.82) is 0 Å². The van der Waals surface area contributed by atoms with Gasteiger partial charge >= 0.3 is 0 Å². The average Bonchev–Trinajstić information content (AvgIpc) is 3.07. The smallest absolute Gasteiger partial charge is 0.252 e. The van der Waals surface area contributed by atoms with Crippen LogP contribution < -0.4 is 5.32 Å². The van der Waals surface area contributed by atoms with E-state index >= 15 is 0 Å². The van der Waals surface area contributed by atoms with Crippen LogP contribution in [-0.2, 0) is 21.2 Å². The van der Waals surface area contributed by atoms with Crippen molar-refractivity contribution in [2.75, 3.05) is 26.7 Å². The molecular formula is C14H24N2O3S2. The first-order valence-corrected chi connectivity index (χ1v) is 9.54. The molecular weight excluding hydrogens is 308 g/mol. The van der Waals surface area contributed by atoms with E-state index in [1.807, 2.05) is 6.07 Å². The van der Waals surface area contributed by atoms with Crippen LogP contribution in [0.15, 0.2) is 16.3 Å². The van der Waals surface area contributed by atoms with Crippen LogP contribution in [0.1, 0.15) is 25.1 Å². The number of nitrogens with zero attached hydrogens (tertiary/aromatic N) is 1. The van der Waals surface area contributed by atoms with Crippen molar-refractivity contribution < 1.29 is 13.2 Å². The molecule has 1 aromatic rings. The number of ether oxygens (including phenoxy) is 1. The predicted octanol–water partition coefficient (Wildman–Crippen LogP) is 1.70. The molecule has 120 valence electrons. The van der Waals surface area contributed by atoms with Gasteiger partial charge in [0.15, 0.2) is 0 Å². The summed E-state index contributed by atoms with van der Waals surface area (Å²) in [7, 11) is -1.72. The number of rotatable bonds is 7. The van der Waals surface area contributed by atoms with Crippen LogP contribution in [0.25, 0.3) is 0 Å². The largest absolute Gasteiger partial charge is 0.380 e. The summed E-state index contributed by atoms with van der Waals surface area (Å²) < 4.78 is 32.3. The monoisotopic (exact) mass is 332 g/mol. The molecule has 1 aliphatic heterocycles. The molecule has 0 spiro atoms. The van der Waals surface area contributed by atoms with E-state index < -0.39 is 10.0 Å². The van der Waals surface area contributed by atoms with E-state index in [9.17, 15) is 8.42 Å². The Morgan fingerprint density at radius 2 is 2.24 bits per heavy atom. The van der Waals surface area contributed by atoms with Crippen molar-refractivity contribution in [2.45, 2.75) is 43.0 Å². The van der Waals surface area contributed by atoms with Gasteiger partial charge in [-0.1, -0.05) is 13.8 Å². The summed E-state index contributed by atoms with van der Waals surface area (Å²) in [6.45, 7) is 6.07. The Hall–Kier alpha value is -0.470. The molecule has 2 heterocycles. The number of thiophene rings is 1. The third-order valence-electron chi connectivity index (χ3n) is 3.60. The highest BCUT2D eigenvalue weighted by Gasteiger charge is 2.33. The second-order valence-corrected chi connectivity index (χ2v) is 8.92. The van der Waals surface area contributed by atoms with Crippen LogP contribution in [0.3, 0.4) is 0 Å². The molecule has 21 heavy (non-hydrogen) atoms. The van der Waals surface area contributed by atoms with Gasteiger partial charge in [-0.05, 0) is 25.0 Å². The van der Waals surface area contributed by atoms with E-state index in [4.69, 9.17) is 4.74 Å². The zero-order chi connectivity index (χ0) is 15.5. The van der Waals surface area contributed by atoms with Gasteiger partial charge in [0.1, 0.15) is 4.21 Å². The lowest BCUT2D eigenvalue weighted by molar-refractivity contribution is 0.115. The SMILES string of the molecule is COC1CCN(S(=O)(=O)c2ccc(CCNC(C)C)s2)C1. The van der Waals surface area contributed by atoms with E-state index in [2.05, 4.69) is 19.2 Å². The highest BCUT2D eigenvalue weighted by atomic mass is 32.2. The van der Waals surface area contributed by atoms with Crippen molar-refractivity contribution >= 4 is 21.4 Å². The van der Waals surface area contributed by atoms with Crippen molar-refractivity contribution in [3.8, 4) is 0 Å². The molecule has 1 aliphatic rings. The summed E-state index contributed by atoms with van der Waals surface area (Å²) in [5.41, 5.74) is 0. The van der Waals surface area contributed by atoms with Gasteiger partial charge in [0.05, 0.1) is 6.10 Å². The minimum atomic E-state index is -3.35. The Morgan fingerprint density at radius 1 is 1.48 bits per heavy atom. The number of nitrogens with one attached hydrogen (secondary N) is 1. The minimum Gasteiger partial charge on any atom is -0.380 e. The normalized spacial score (nSPS) is 20.5. The molecule has 1 saturated heterocycles. The summed E-state index contributed by atoms with van der Waals surface area (Å²) in [6.07, 6.45) is 1.65. The first-order valence-electron chi connectivity index (χ1n) is 7.28. The van der Waals surface area contributed by atoms with Gasteiger partial charge in [-0.2, -0.15) is 4.31 Å². The first-order chi connectivity index (χ1) is 9.93. The Labute approximate surface area is 131 Å². The minimum absolute atomic E-state index is 0.0226. The zero-order valence-electron chi connectivity index (χ0n) is 12.8. The van der Waals surface area contributed by atoms with E-state index in [-0.39, 0.29) is 6.10 Å². The van der Waals surface area contributed by atoms with Gasteiger partial charge in [-0.3, -0.25) is 0 Å². The third-order valence-corrected chi connectivity index (χ3v) is 7.07. The second-order valence-electron chi connectivity index (χ2n) is 5.59. The van der Waals surface area contributed by atoms with Gasteiger partial charge in [-0.15, -0.1) is 11.3 Å². The van der Waals surface area contributed by atoms with Crippen molar-refractivity contribution in [2.24, 2.45) is 0 Å². The average molecular weight is 332 g/mol. The Kier molecular flexibility index (Phi) is 5.79. The number of methoxy groups -OCH3 is 1. The Bertz CT molecular complexity index is 554. The van der Waals surface area contributed by atoms with Crippen molar-refractivity contribution in [3.63, 3.8) is 0 Å². The van der Waals surface area contributed by atoms with E-state index in [1.165, 1.54) is 15.6 Å². The molecule has 1 fully saturated rings. The van der Waals surface area contributed by atoms with Gasteiger partial charge in [0.25, 0.3) is 10.0 Å². The fraction of sp³-hybridized carbons (Fsp3) is 0.714. The maximum atomic E-state index is 12.6. The summed E-state index contributed by atoms with van der Waals surface area (Å²) in [6, 6.07) is 4.10. The van der Waals surface area contributed by atoms with Crippen LogP contribution in [0.2, 0.25) is 0 Å². The standard InChI is InChI=1S/C14H24N2O3S2/c1-11(2)15-8-6-13-4-5-14(20-13)21(17,18)16-9-7-12(10-16)19-3/h4-5,11-12,15H,6-10H2,1-3H3. The molecule has 1 aromatic heterocycles. The van der Waals surface area contributed by atoms with Crippen LogP contribution in [-0.4, -0.2) is 51.6 Å². The molecule has 0 amide bonds. The van der Waals surface area contributed by atoms with E-state index in [0.717, 1.165) is 24.3 Å². The van der Waals surface area contributed by atoms with Crippen LogP contribution in [0.4, 0.5) is 0 Å². The molecule has 2 rings (SSSR count). The van der Waals surface area contributed by atoms with Crippen molar-refractivity contribution in [1.82, 2.24) is 9.62 Å². The highest BCUT2D eigenvalue weighted by molar-refractivity contribution is 7.91. The molecule has 1 N–H and O–H groups in total. The Balaban J connectivity index is 1.99. The lowest BCUT2D eigenvalue weighted by Crippen LogP contribution is -2.29. The van der Waals surface area contributed by atoms with Gasteiger partial charge in [-0.25, -0.2) is 8.42 Å². The first kappa shape index (κ1) is 16.9.